The summed E-state index contributed by atoms with van der Waals surface area (Å²) in [6.45, 7) is 5.92. The molecule has 8 heteroatoms. The van der Waals surface area contributed by atoms with Gasteiger partial charge in [-0.05, 0) is 26.7 Å². The molecule has 0 radical (unpaired) electrons. The third kappa shape index (κ3) is 3.25. The molecule has 1 unspecified atom stereocenters. The van der Waals surface area contributed by atoms with E-state index in [4.69, 9.17) is 16.3 Å². The minimum Gasteiger partial charge on any atom is -0.448 e. The molecule has 0 aromatic heterocycles. The van der Waals surface area contributed by atoms with E-state index >= 15 is 0 Å². The van der Waals surface area contributed by atoms with Crippen molar-refractivity contribution in [3.8, 4) is 0 Å². The van der Waals surface area contributed by atoms with Gasteiger partial charge in [0.1, 0.15) is 11.4 Å². The van der Waals surface area contributed by atoms with Gasteiger partial charge in [-0.2, -0.15) is 0 Å². The fraction of sp³-hybridized carbons (Fsp3) is 0.812. The van der Waals surface area contributed by atoms with Crippen LogP contribution in [0, 0.1) is 0 Å². The number of nitrogens with zero attached hydrogens (tertiary/aromatic N) is 3. The molecule has 0 N–H and O–H groups in total. The molecule has 0 spiro atoms. The molecule has 24 heavy (non-hydrogen) atoms. The van der Waals surface area contributed by atoms with Gasteiger partial charge in [0.05, 0.1) is 6.34 Å². The van der Waals surface area contributed by atoms with Gasteiger partial charge >= 0.3 is 5.97 Å². The standard InChI is InChI=1S/C16H24ClN3O3S/c1-16(2)12(15(22)23-9-17)20-13(21)11(14(20)24-16)18-10-19-7-5-3-4-6-8-19/h10-12,14H,3-9H2,1-2H3/t11?,12-,14+/m0/s1. The first-order valence-corrected chi connectivity index (χ1v) is 9.87. The number of carbonyl (C=O) groups is 2. The minimum atomic E-state index is -0.594. The first-order chi connectivity index (χ1) is 11.5. The number of rotatable bonds is 4. The van der Waals surface area contributed by atoms with Crippen molar-refractivity contribution in [1.29, 1.82) is 0 Å². The summed E-state index contributed by atoms with van der Waals surface area (Å²) in [5, 5.41) is -0.0939. The fourth-order valence-electron chi connectivity index (χ4n) is 3.62. The number of hydrogen-bond acceptors (Lipinski definition) is 5. The molecule has 3 atom stereocenters. The van der Waals surface area contributed by atoms with Crippen LogP contribution >= 0.6 is 23.4 Å². The molecule has 3 rings (SSSR count). The molecule has 0 saturated carbocycles. The van der Waals surface area contributed by atoms with Crippen LogP contribution in [0.15, 0.2) is 4.99 Å². The number of likely N-dealkylation sites (tertiary alicyclic amines) is 1. The highest BCUT2D eigenvalue weighted by atomic mass is 35.5. The van der Waals surface area contributed by atoms with Gasteiger partial charge in [-0.15, -0.1) is 11.8 Å². The van der Waals surface area contributed by atoms with E-state index in [9.17, 15) is 9.59 Å². The molecule has 3 heterocycles. The molecule has 134 valence electrons. The third-order valence-corrected chi connectivity index (χ3v) is 6.53. The smallest absolute Gasteiger partial charge is 0.331 e. The van der Waals surface area contributed by atoms with Crippen LogP contribution in [0.1, 0.15) is 39.5 Å². The van der Waals surface area contributed by atoms with E-state index in [2.05, 4.69) is 9.89 Å². The van der Waals surface area contributed by atoms with Crippen molar-refractivity contribution in [2.24, 2.45) is 4.99 Å². The molecule has 0 aromatic carbocycles. The normalized spacial score (nSPS) is 32.5. The summed E-state index contributed by atoms with van der Waals surface area (Å²) in [6.07, 6.45) is 6.71. The maximum Gasteiger partial charge on any atom is 0.331 e. The molecule has 3 fully saturated rings. The number of esters is 1. The highest BCUT2D eigenvalue weighted by Gasteiger charge is 2.64. The van der Waals surface area contributed by atoms with E-state index in [1.165, 1.54) is 25.7 Å². The number of amides is 1. The maximum absolute atomic E-state index is 12.5. The number of halogens is 1. The molecule has 0 aromatic rings. The Balaban J connectivity index is 1.67. The zero-order valence-electron chi connectivity index (χ0n) is 14.1. The lowest BCUT2D eigenvalue weighted by atomic mass is 9.96. The van der Waals surface area contributed by atoms with Gasteiger partial charge in [-0.1, -0.05) is 24.4 Å². The largest absolute Gasteiger partial charge is 0.448 e. The Kier molecular flexibility index (Phi) is 5.30. The molecule has 3 aliphatic heterocycles. The quantitative estimate of drug-likeness (QED) is 0.248. The number of fused-ring (bicyclic) bond motifs is 1. The van der Waals surface area contributed by atoms with Crippen molar-refractivity contribution in [1.82, 2.24) is 9.80 Å². The van der Waals surface area contributed by atoms with Crippen LogP contribution < -0.4 is 0 Å². The van der Waals surface area contributed by atoms with E-state index < -0.39 is 22.8 Å². The predicted molar refractivity (Wildman–Crippen MR) is 95.2 cm³/mol. The SMILES string of the molecule is CC1(C)S[C@@H]2C(N=CN3CCCCCC3)C(=O)N2[C@H]1C(=O)OCCl. The van der Waals surface area contributed by atoms with Gasteiger partial charge in [0, 0.05) is 17.8 Å². The third-order valence-electron chi connectivity index (χ3n) is 4.86. The Morgan fingerprint density at radius 3 is 2.67 bits per heavy atom. The van der Waals surface area contributed by atoms with E-state index in [0.29, 0.717) is 0 Å². The Labute approximate surface area is 151 Å². The Morgan fingerprint density at radius 1 is 1.38 bits per heavy atom. The Hall–Kier alpha value is -0.950. The predicted octanol–water partition coefficient (Wildman–Crippen LogP) is 2.06. The van der Waals surface area contributed by atoms with Gasteiger partial charge in [0.15, 0.2) is 12.1 Å². The van der Waals surface area contributed by atoms with Crippen molar-refractivity contribution in [2.75, 3.05) is 19.2 Å². The molecule has 3 saturated heterocycles. The lowest BCUT2D eigenvalue weighted by Gasteiger charge is -2.41. The van der Waals surface area contributed by atoms with Crippen molar-refractivity contribution in [3.05, 3.63) is 0 Å². The van der Waals surface area contributed by atoms with E-state index in [1.807, 2.05) is 20.2 Å². The molecule has 6 nitrogen and oxygen atoms in total. The maximum atomic E-state index is 12.5. The fourth-order valence-corrected chi connectivity index (χ4v) is 5.34. The molecular formula is C16H24ClN3O3S. The summed E-state index contributed by atoms with van der Waals surface area (Å²) < 4.78 is 4.53. The summed E-state index contributed by atoms with van der Waals surface area (Å²) in [7, 11) is 0. The number of hydrogen-bond donors (Lipinski definition) is 0. The van der Waals surface area contributed by atoms with Gasteiger partial charge in [-0.3, -0.25) is 9.79 Å². The number of thioether (sulfide) groups is 1. The van der Waals surface area contributed by atoms with E-state index in [-0.39, 0.29) is 17.3 Å². The summed E-state index contributed by atoms with van der Waals surface area (Å²) in [4.78, 5) is 33.1. The summed E-state index contributed by atoms with van der Waals surface area (Å²) in [5.41, 5.74) is 0. The topological polar surface area (TPSA) is 62.2 Å². The lowest BCUT2D eigenvalue weighted by Crippen LogP contribution is -2.65. The second-order valence-corrected chi connectivity index (χ2v) is 8.98. The second kappa shape index (κ2) is 7.12. The average molecular weight is 374 g/mol. The minimum absolute atomic E-state index is 0.0939. The number of aliphatic imine (C=N–C) groups is 1. The number of β-lactam (4-membered cyclic amide) rings is 1. The Morgan fingerprint density at radius 2 is 2.04 bits per heavy atom. The van der Waals surface area contributed by atoms with Gasteiger partial charge < -0.3 is 14.5 Å². The van der Waals surface area contributed by atoms with Crippen molar-refractivity contribution in [2.45, 2.75) is 61.7 Å². The van der Waals surface area contributed by atoms with Gasteiger partial charge in [0.25, 0.3) is 5.91 Å². The van der Waals surface area contributed by atoms with Crippen LogP contribution in [-0.4, -0.2) is 69.4 Å². The van der Waals surface area contributed by atoms with Crippen LogP contribution in [0.25, 0.3) is 0 Å². The van der Waals surface area contributed by atoms with E-state index in [0.717, 1.165) is 13.1 Å². The van der Waals surface area contributed by atoms with E-state index in [1.54, 1.807) is 16.7 Å². The van der Waals surface area contributed by atoms with Crippen LogP contribution in [0.5, 0.6) is 0 Å². The lowest BCUT2D eigenvalue weighted by molar-refractivity contribution is -0.161. The highest BCUT2D eigenvalue weighted by Crippen LogP contribution is 2.51. The Bertz CT molecular complexity index is 535. The van der Waals surface area contributed by atoms with Crippen LogP contribution in [-0.2, 0) is 14.3 Å². The van der Waals surface area contributed by atoms with Crippen molar-refractivity contribution < 1.29 is 14.3 Å². The van der Waals surface area contributed by atoms with Crippen molar-refractivity contribution in [3.63, 3.8) is 0 Å². The van der Waals surface area contributed by atoms with Crippen LogP contribution in [0.3, 0.4) is 0 Å². The highest BCUT2D eigenvalue weighted by molar-refractivity contribution is 8.01. The molecule has 1 amide bonds. The molecule has 0 bridgehead atoms. The molecular weight excluding hydrogens is 350 g/mol. The van der Waals surface area contributed by atoms with Crippen LogP contribution in [0.2, 0.25) is 0 Å². The monoisotopic (exact) mass is 373 g/mol. The zero-order valence-corrected chi connectivity index (χ0v) is 15.7. The first-order valence-electron chi connectivity index (χ1n) is 8.45. The second-order valence-electron chi connectivity index (χ2n) is 6.99. The zero-order chi connectivity index (χ0) is 17.3. The molecule has 0 aliphatic carbocycles. The number of ether oxygens (including phenoxy) is 1. The first kappa shape index (κ1) is 17.9. The average Bonchev–Trinajstić information content (AvgIpc) is 2.69. The van der Waals surface area contributed by atoms with Crippen LogP contribution in [0.4, 0.5) is 0 Å². The van der Waals surface area contributed by atoms with Gasteiger partial charge in [0.2, 0.25) is 0 Å². The molecule has 3 aliphatic rings. The number of alkyl halides is 1. The summed E-state index contributed by atoms with van der Waals surface area (Å²) >= 11 is 7.11. The van der Waals surface area contributed by atoms with Gasteiger partial charge in [-0.25, -0.2) is 4.79 Å². The number of carbonyl (C=O) groups excluding carboxylic acids is 2. The summed E-state index contributed by atoms with van der Waals surface area (Å²) in [5.74, 6) is -0.533. The summed E-state index contributed by atoms with van der Waals surface area (Å²) in [6, 6.07) is -1.19. The van der Waals surface area contributed by atoms with Crippen molar-refractivity contribution >= 4 is 41.6 Å².